The van der Waals surface area contributed by atoms with Crippen molar-refractivity contribution in [3.05, 3.63) is 64.2 Å². The van der Waals surface area contributed by atoms with Gasteiger partial charge >= 0.3 is 6.09 Å². The lowest BCUT2D eigenvalue weighted by Gasteiger charge is -2.08. The molecule has 0 saturated carbocycles. The number of nitrogens with one attached hydrogen (secondary N) is 1. The maximum atomic E-state index is 11.9. The average molecular weight is 468 g/mol. The first-order valence-corrected chi connectivity index (χ1v) is 13.3. The predicted octanol–water partition coefficient (Wildman–Crippen LogP) is 7.13. The van der Waals surface area contributed by atoms with Gasteiger partial charge in [-0.3, -0.25) is 5.32 Å². The SMILES string of the molecule is Cc1cc(C)cc(C[NH2+]CCCCCCCCCCCCOC(=O)Nc2cc(C)cc(C)c2)c1. The highest BCUT2D eigenvalue weighted by molar-refractivity contribution is 5.84. The van der Waals surface area contributed by atoms with Crippen molar-refractivity contribution in [3.63, 3.8) is 0 Å². The first-order chi connectivity index (χ1) is 16.4. The third kappa shape index (κ3) is 12.8. The number of nitrogens with two attached hydrogens (primary N) is 1. The van der Waals surface area contributed by atoms with Crippen LogP contribution in [0.1, 0.15) is 92.0 Å². The highest BCUT2D eigenvalue weighted by Gasteiger charge is 2.04. The van der Waals surface area contributed by atoms with E-state index in [4.69, 9.17) is 4.74 Å². The van der Waals surface area contributed by atoms with Crippen molar-refractivity contribution >= 4 is 11.8 Å². The number of rotatable bonds is 16. The number of aryl methyl sites for hydroxylation is 4. The van der Waals surface area contributed by atoms with Gasteiger partial charge in [-0.2, -0.15) is 0 Å². The summed E-state index contributed by atoms with van der Waals surface area (Å²) in [6, 6.07) is 12.9. The number of hydrogen-bond acceptors (Lipinski definition) is 2. The Balaban J connectivity index is 1.34. The van der Waals surface area contributed by atoms with Crippen molar-refractivity contribution in [2.75, 3.05) is 18.5 Å². The van der Waals surface area contributed by atoms with Gasteiger partial charge in [0.1, 0.15) is 6.54 Å². The van der Waals surface area contributed by atoms with Gasteiger partial charge in [0.2, 0.25) is 0 Å². The fourth-order valence-electron chi connectivity index (χ4n) is 4.63. The Morgan fingerprint density at radius 3 is 1.71 bits per heavy atom. The molecule has 2 aromatic carbocycles. The van der Waals surface area contributed by atoms with Crippen LogP contribution in [-0.4, -0.2) is 19.2 Å². The molecular weight excluding hydrogens is 420 g/mol. The monoisotopic (exact) mass is 467 g/mol. The van der Waals surface area contributed by atoms with Crippen LogP contribution in [0.25, 0.3) is 0 Å². The van der Waals surface area contributed by atoms with Crippen molar-refractivity contribution in [1.29, 1.82) is 0 Å². The zero-order valence-corrected chi connectivity index (χ0v) is 22.1. The van der Waals surface area contributed by atoms with Gasteiger partial charge in [-0.25, -0.2) is 4.79 Å². The summed E-state index contributed by atoms with van der Waals surface area (Å²) in [5.74, 6) is 0. The molecule has 4 heteroatoms. The Morgan fingerprint density at radius 1 is 0.676 bits per heavy atom. The van der Waals surface area contributed by atoms with Crippen molar-refractivity contribution < 1.29 is 14.8 Å². The molecule has 4 nitrogen and oxygen atoms in total. The first-order valence-electron chi connectivity index (χ1n) is 13.3. The number of carbonyl (C=O) groups is 1. The van der Waals surface area contributed by atoms with E-state index in [1.807, 2.05) is 26.0 Å². The van der Waals surface area contributed by atoms with Gasteiger partial charge in [-0.15, -0.1) is 0 Å². The van der Waals surface area contributed by atoms with E-state index >= 15 is 0 Å². The van der Waals surface area contributed by atoms with Crippen LogP contribution in [0, 0.1) is 27.7 Å². The molecular formula is C30H47N2O2+. The molecule has 2 rings (SSSR count). The number of carbonyl (C=O) groups excluding carboxylic acids is 1. The summed E-state index contributed by atoms with van der Waals surface area (Å²) in [5, 5.41) is 5.27. The Labute approximate surface area is 207 Å². The Bertz CT molecular complexity index is 822. The lowest BCUT2D eigenvalue weighted by Crippen LogP contribution is -2.82. The van der Waals surface area contributed by atoms with E-state index < -0.39 is 0 Å². The third-order valence-corrected chi connectivity index (χ3v) is 6.17. The smallest absolute Gasteiger partial charge is 0.411 e. The zero-order valence-electron chi connectivity index (χ0n) is 22.1. The lowest BCUT2D eigenvalue weighted by molar-refractivity contribution is -0.671. The van der Waals surface area contributed by atoms with Crippen LogP contribution in [0.2, 0.25) is 0 Å². The maximum absolute atomic E-state index is 11.9. The quantitative estimate of drug-likeness (QED) is 0.258. The van der Waals surface area contributed by atoms with E-state index in [2.05, 4.69) is 48.7 Å². The molecule has 0 fully saturated rings. The van der Waals surface area contributed by atoms with E-state index in [1.165, 1.54) is 74.6 Å². The lowest BCUT2D eigenvalue weighted by atomic mass is 10.1. The van der Waals surface area contributed by atoms with Crippen LogP contribution >= 0.6 is 0 Å². The molecule has 0 atom stereocenters. The van der Waals surface area contributed by atoms with Crippen LogP contribution in [0.15, 0.2) is 36.4 Å². The number of quaternary nitrogens is 1. The largest absolute Gasteiger partial charge is 0.449 e. The van der Waals surface area contributed by atoms with Crippen LogP contribution in [0.5, 0.6) is 0 Å². The standard InChI is InChI=1S/C30H46N2O2/c1-24-17-25(2)20-28(19-24)23-31-15-13-11-9-7-5-6-8-10-12-14-16-34-30(33)32-29-21-26(3)18-27(4)22-29/h17-22,31H,5-16,23H2,1-4H3,(H,32,33)/p+1. The number of hydrogen-bond donors (Lipinski definition) is 2. The molecule has 2 aromatic rings. The summed E-state index contributed by atoms with van der Waals surface area (Å²) in [4.78, 5) is 11.9. The predicted molar refractivity (Wildman–Crippen MR) is 143 cm³/mol. The molecule has 0 saturated heterocycles. The normalized spacial score (nSPS) is 10.9. The van der Waals surface area contributed by atoms with Gasteiger partial charge in [-0.1, -0.05) is 80.3 Å². The van der Waals surface area contributed by atoms with Crippen LogP contribution < -0.4 is 10.6 Å². The van der Waals surface area contributed by atoms with Crippen molar-refractivity contribution in [1.82, 2.24) is 0 Å². The van der Waals surface area contributed by atoms with E-state index in [9.17, 15) is 4.79 Å². The van der Waals surface area contributed by atoms with Gasteiger partial charge in [-0.05, 0) is 70.2 Å². The minimum absolute atomic E-state index is 0.354. The van der Waals surface area contributed by atoms with Gasteiger partial charge in [0.15, 0.2) is 0 Å². The molecule has 0 aliphatic carbocycles. The number of benzene rings is 2. The highest BCUT2D eigenvalue weighted by atomic mass is 16.5. The molecule has 0 bridgehead atoms. The second kappa shape index (κ2) is 16.3. The van der Waals surface area contributed by atoms with Crippen molar-refractivity contribution in [2.24, 2.45) is 0 Å². The fraction of sp³-hybridized carbons (Fsp3) is 0.567. The first kappa shape index (κ1) is 27.9. The molecule has 1 amide bonds. The summed E-state index contributed by atoms with van der Waals surface area (Å²) < 4.78 is 5.31. The summed E-state index contributed by atoms with van der Waals surface area (Å²) in [6.07, 6.45) is 12.3. The second-order valence-electron chi connectivity index (χ2n) is 9.95. The molecule has 0 heterocycles. The van der Waals surface area contributed by atoms with Gasteiger partial charge in [0.25, 0.3) is 0 Å². The minimum atomic E-state index is -0.354. The average Bonchev–Trinajstić information content (AvgIpc) is 2.75. The molecule has 0 spiro atoms. The molecule has 188 valence electrons. The molecule has 0 aliphatic heterocycles. The summed E-state index contributed by atoms with van der Waals surface area (Å²) in [5.41, 5.74) is 7.26. The van der Waals surface area contributed by atoms with Crippen LogP contribution in [-0.2, 0) is 11.3 Å². The molecule has 0 radical (unpaired) electrons. The third-order valence-electron chi connectivity index (χ3n) is 6.17. The molecule has 0 unspecified atom stereocenters. The Morgan fingerprint density at radius 2 is 1.15 bits per heavy atom. The molecule has 34 heavy (non-hydrogen) atoms. The maximum Gasteiger partial charge on any atom is 0.411 e. The summed E-state index contributed by atoms with van der Waals surface area (Å²) >= 11 is 0. The Hall–Kier alpha value is -2.33. The van der Waals surface area contributed by atoms with Crippen molar-refractivity contribution in [3.8, 4) is 0 Å². The van der Waals surface area contributed by atoms with Crippen molar-refractivity contribution in [2.45, 2.75) is 98.4 Å². The number of amides is 1. The topological polar surface area (TPSA) is 54.9 Å². The van der Waals surface area contributed by atoms with Crippen LogP contribution in [0.4, 0.5) is 10.5 Å². The van der Waals surface area contributed by atoms with Crippen LogP contribution in [0.3, 0.4) is 0 Å². The Kier molecular flexibility index (Phi) is 13.4. The fourth-order valence-corrected chi connectivity index (χ4v) is 4.63. The number of ether oxygens (including phenoxy) is 1. The van der Waals surface area contributed by atoms with Gasteiger partial charge < -0.3 is 10.1 Å². The van der Waals surface area contributed by atoms with Gasteiger partial charge in [0.05, 0.1) is 13.2 Å². The van der Waals surface area contributed by atoms with E-state index in [0.717, 1.165) is 36.2 Å². The number of anilines is 1. The second-order valence-corrected chi connectivity index (χ2v) is 9.95. The molecule has 3 N–H and O–H groups in total. The van der Waals surface area contributed by atoms with E-state index in [-0.39, 0.29) is 6.09 Å². The summed E-state index contributed by atoms with van der Waals surface area (Å²) in [6.45, 7) is 11.2. The summed E-state index contributed by atoms with van der Waals surface area (Å²) in [7, 11) is 0. The minimum Gasteiger partial charge on any atom is -0.449 e. The molecule has 0 aromatic heterocycles. The van der Waals surface area contributed by atoms with E-state index in [1.54, 1.807) is 0 Å². The zero-order chi connectivity index (χ0) is 24.6. The van der Waals surface area contributed by atoms with E-state index in [0.29, 0.717) is 6.61 Å². The molecule has 0 aliphatic rings. The van der Waals surface area contributed by atoms with Gasteiger partial charge in [0, 0.05) is 11.3 Å². The highest BCUT2D eigenvalue weighted by Crippen LogP contribution is 2.14. The number of unbranched alkanes of at least 4 members (excludes halogenated alkanes) is 9.